The van der Waals surface area contributed by atoms with Crippen LogP contribution in [0.4, 0.5) is 5.69 Å². The number of benzene rings is 1. The van der Waals surface area contributed by atoms with Crippen molar-refractivity contribution in [3.8, 4) is 0 Å². The zero-order valence-electron chi connectivity index (χ0n) is 7.65. The Bertz CT molecular complexity index is 563. The first kappa shape index (κ1) is 11.9. The van der Waals surface area contributed by atoms with Crippen molar-refractivity contribution in [3.63, 3.8) is 0 Å². The van der Waals surface area contributed by atoms with Gasteiger partial charge < -0.3 is 5.11 Å². The second-order valence-electron chi connectivity index (χ2n) is 2.67. The van der Waals surface area contributed by atoms with E-state index in [0.29, 0.717) is 0 Å². The van der Waals surface area contributed by atoms with Gasteiger partial charge in [-0.25, -0.2) is 4.79 Å². The van der Waals surface area contributed by atoms with Crippen molar-refractivity contribution >= 4 is 26.8 Å². The first-order valence-corrected chi connectivity index (χ1v) is 4.95. The fraction of sp³-hybridized carbons (Fsp3) is 0. The van der Waals surface area contributed by atoms with Crippen molar-refractivity contribution in [2.24, 2.45) is 0 Å². The van der Waals surface area contributed by atoms with E-state index < -0.39 is 26.1 Å². The molecular formula is C8H5NO6S. The lowest BCUT2D eigenvalue weighted by molar-refractivity contribution is -0.384. The van der Waals surface area contributed by atoms with Gasteiger partial charge in [0.15, 0.2) is 4.86 Å². The van der Waals surface area contributed by atoms with E-state index in [1.165, 1.54) is 0 Å². The van der Waals surface area contributed by atoms with E-state index in [1.54, 1.807) is 0 Å². The number of carboxylic acids is 1. The van der Waals surface area contributed by atoms with Gasteiger partial charge in [0.2, 0.25) is 10.3 Å². The van der Waals surface area contributed by atoms with E-state index in [1.807, 2.05) is 0 Å². The lowest BCUT2D eigenvalue weighted by atomic mass is 10.1. The van der Waals surface area contributed by atoms with Crippen molar-refractivity contribution < 1.29 is 23.2 Å². The van der Waals surface area contributed by atoms with Crippen LogP contribution in [0, 0.1) is 10.1 Å². The summed E-state index contributed by atoms with van der Waals surface area (Å²) < 4.78 is 21.2. The summed E-state index contributed by atoms with van der Waals surface area (Å²) in [7, 11) is -2.90. The predicted molar refractivity (Wildman–Crippen MR) is 53.8 cm³/mol. The zero-order chi connectivity index (χ0) is 12.3. The number of hydrogen-bond acceptors (Lipinski definition) is 5. The van der Waals surface area contributed by atoms with Gasteiger partial charge in [-0.2, -0.15) is 8.42 Å². The maximum Gasteiger partial charge on any atom is 0.352 e. The average molecular weight is 243 g/mol. The van der Waals surface area contributed by atoms with Crippen molar-refractivity contribution in [1.82, 2.24) is 0 Å². The van der Waals surface area contributed by atoms with E-state index in [-0.39, 0.29) is 11.3 Å². The summed E-state index contributed by atoms with van der Waals surface area (Å²) in [5.41, 5.74) is -0.350. The second kappa shape index (κ2) is 4.53. The first-order valence-electron chi connectivity index (χ1n) is 3.88. The van der Waals surface area contributed by atoms with Gasteiger partial charge in [-0.05, 0) is 12.1 Å². The summed E-state index contributed by atoms with van der Waals surface area (Å²) >= 11 is 0. The molecule has 0 bridgehead atoms. The molecule has 0 atom stereocenters. The summed E-state index contributed by atoms with van der Waals surface area (Å²) in [6, 6.07) is 4.20. The Morgan fingerprint density at radius 1 is 1.25 bits per heavy atom. The highest BCUT2D eigenvalue weighted by Crippen LogP contribution is 2.12. The van der Waals surface area contributed by atoms with Crippen LogP contribution in [0.5, 0.6) is 0 Å². The number of hydrogen-bond donors (Lipinski definition) is 1. The smallest absolute Gasteiger partial charge is 0.352 e. The van der Waals surface area contributed by atoms with Crippen molar-refractivity contribution in [2.45, 2.75) is 0 Å². The van der Waals surface area contributed by atoms with Crippen LogP contribution in [0.2, 0.25) is 0 Å². The second-order valence-corrected chi connectivity index (χ2v) is 3.55. The van der Waals surface area contributed by atoms with Gasteiger partial charge in [0.05, 0.1) is 4.92 Å². The number of non-ortho nitro benzene ring substituents is 1. The number of carbonyl (C=O) groups is 1. The summed E-state index contributed by atoms with van der Waals surface area (Å²) in [4.78, 5) is 19.4. The number of nitro groups is 1. The van der Waals surface area contributed by atoms with E-state index in [0.717, 1.165) is 24.3 Å². The molecule has 16 heavy (non-hydrogen) atoms. The van der Waals surface area contributed by atoms with Gasteiger partial charge in [-0.3, -0.25) is 10.1 Å². The Labute approximate surface area is 90.6 Å². The minimum absolute atomic E-state index is 0.105. The lowest BCUT2D eigenvalue weighted by Crippen LogP contribution is -2.15. The molecule has 0 saturated carbocycles. The van der Waals surface area contributed by atoms with E-state index in [2.05, 4.69) is 0 Å². The first-order chi connectivity index (χ1) is 7.43. The third-order valence-electron chi connectivity index (χ3n) is 1.70. The highest BCUT2D eigenvalue weighted by molar-refractivity contribution is 7.75. The van der Waals surface area contributed by atoms with E-state index in [4.69, 9.17) is 5.11 Å². The molecule has 1 rings (SSSR count). The van der Waals surface area contributed by atoms with Crippen LogP contribution in [-0.4, -0.2) is 29.3 Å². The largest absolute Gasteiger partial charge is 0.477 e. The van der Waals surface area contributed by atoms with E-state index in [9.17, 15) is 23.3 Å². The molecule has 1 aromatic carbocycles. The van der Waals surface area contributed by atoms with Crippen LogP contribution in [0.15, 0.2) is 24.3 Å². The number of carboxylic acid groups (broad SMARTS) is 1. The normalized spacial score (nSPS) is 9.50. The number of nitrogens with zero attached hydrogens (tertiary/aromatic N) is 1. The molecule has 1 N–H and O–H groups in total. The SMILES string of the molecule is O=C(O)C(c1ccc([N+](=O)[O-])cc1)=S(=O)=O. The molecule has 0 aliphatic heterocycles. The number of rotatable bonds is 3. The summed E-state index contributed by atoms with van der Waals surface area (Å²) in [6.45, 7) is 0. The Kier molecular flexibility index (Phi) is 3.36. The maximum absolute atomic E-state index is 10.6. The quantitative estimate of drug-likeness (QED) is 0.348. The van der Waals surface area contributed by atoms with Crippen LogP contribution < -0.4 is 0 Å². The molecule has 0 aromatic heterocycles. The van der Waals surface area contributed by atoms with Gasteiger partial charge in [0.25, 0.3) is 5.69 Å². The predicted octanol–water partition coefficient (Wildman–Crippen LogP) is 0.0790. The monoisotopic (exact) mass is 243 g/mol. The van der Waals surface area contributed by atoms with Gasteiger partial charge in [0.1, 0.15) is 0 Å². The molecule has 0 heterocycles. The zero-order valence-corrected chi connectivity index (χ0v) is 8.47. The van der Waals surface area contributed by atoms with Crippen LogP contribution in [0.25, 0.3) is 0 Å². The molecule has 0 spiro atoms. The standard InChI is InChI=1S/C8H5NO6S/c10-8(11)7(16(14)15)5-1-3-6(4-2-5)9(12)13/h1-4H,(H,10,11). The highest BCUT2D eigenvalue weighted by atomic mass is 32.2. The number of aliphatic carboxylic acids is 1. The molecule has 7 nitrogen and oxygen atoms in total. The van der Waals surface area contributed by atoms with Gasteiger partial charge in [0, 0.05) is 17.7 Å². The molecular weight excluding hydrogens is 238 g/mol. The topological polar surface area (TPSA) is 115 Å². The molecule has 0 radical (unpaired) electrons. The molecule has 0 amide bonds. The Hall–Kier alpha value is -2.22. The molecule has 0 aliphatic carbocycles. The van der Waals surface area contributed by atoms with Gasteiger partial charge >= 0.3 is 5.97 Å². The molecule has 0 unspecified atom stereocenters. The summed E-state index contributed by atoms with van der Waals surface area (Å²) in [6.07, 6.45) is 0. The fourth-order valence-electron chi connectivity index (χ4n) is 1.03. The van der Waals surface area contributed by atoms with Gasteiger partial charge in [-0.15, -0.1) is 0 Å². The fourth-order valence-corrected chi connectivity index (χ4v) is 1.50. The molecule has 0 aliphatic rings. The third-order valence-corrected chi connectivity index (χ3v) is 2.44. The summed E-state index contributed by atoms with van der Waals surface area (Å²) in [5.74, 6) is -1.61. The third kappa shape index (κ3) is 2.42. The van der Waals surface area contributed by atoms with Crippen molar-refractivity contribution in [2.75, 3.05) is 0 Å². The Morgan fingerprint density at radius 3 is 2.06 bits per heavy atom. The van der Waals surface area contributed by atoms with Crippen molar-refractivity contribution in [1.29, 1.82) is 0 Å². The molecule has 0 saturated heterocycles. The molecule has 8 heteroatoms. The van der Waals surface area contributed by atoms with Crippen LogP contribution in [-0.2, 0) is 15.1 Å². The van der Waals surface area contributed by atoms with Crippen molar-refractivity contribution in [3.05, 3.63) is 39.9 Å². The Morgan fingerprint density at radius 2 is 1.75 bits per heavy atom. The maximum atomic E-state index is 10.6. The summed E-state index contributed by atoms with van der Waals surface area (Å²) in [5, 5.41) is 18.9. The van der Waals surface area contributed by atoms with E-state index >= 15 is 0 Å². The minimum atomic E-state index is -2.90. The van der Waals surface area contributed by atoms with Gasteiger partial charge in [-0.1, -0.05) is 0 Å². The lowest BCUT2D eigenvalue weighted by Gasteiger charge is -1.96. The highest BCUT2D eigenvalue weighted by Gasteiger charge is 2.15. The molecule has 84 valence electrons. The molecule has 1 aromatic rings. The number of nitro benzene ring substituents is 1. The molecule has 0 fully saturated rings. The van der Waals surface area contributed by atoms with Crippen LogP contribution in [0.1, 0.15) is 5.56 Å². The minimum Gasteiger partial charge on any atom is -0.477 e. The van der Waals surface area contributed by atoms with Crippen LogP contribution in [0.3, 0.4) is 0 Å². The average Bonchev–Trinajstić information content (AvgIpc) is 2.17. The van der Waals surface area contributed by atoms with Crippen LogP contribution >= 0.6 is 0 Å². The Balaban J connectivity index is 3.31.